The summed E-state index contributed by atoms with van der Waals surface area (Å²) >= 11 is 6.07. The fourth-order valence-corrected chi connectivity index (χ4v) is 2.67. The van der Waals surface area contributed by atoms with Gasteiger partial charge in [-0.1, -0.05) is 17.7 Å². The van der Waals surface area contributed by atoms with E-state index in [0.29, 0.717) is 11.9 Å². The van der Waals surface area contributed by atoms with Gasteiger partial charge in [-0.3, -0.25) is 0 Å². The van der Waals surface area contributed by atoms with Gasteiger partial charge in [0.15, 0.2) is 0 Å². The third kappa shape index (κ3) is 3.55. The Balaban J connectivity index is 1.84. The molecule has 3 rings (SSSR count). The molecule has 1 N–H and O–H groups in total. The van der Waals surface area contributed by atoms with Gasteiger partial charge < -0.3 is 10.1 Å². The highest BCUT2D eigenvalue weighted by Gasteiger charge is 2.21. The molecule has 3 nitrogen and oxygen atoms in total. The minimum atomic E-state index is 0.664. The van der Waals surface area contributed by atoms with Crippen LogP contribution >= 0.6 is 11.6 Å². The van der Waals surface area contributed by atoms with Crippen LogP contribution in [0.5, 0.6) is 11.6 Å². The topological polar surface area (TPSA) is 34.1 Å². The van der Waals surface area contributed by atoms with Gasteiger partial charge in [-0.15, -0.1) is 0 Å². The zero-order valence-corrected chi connectivity index (χ0v) is 13.1. The van der Waals surface area contributed by atoms with Crippen molar-refractivity contribution < 1.29 is 4.74 Å². The highest BCUT2D eigenvalue weighted by Crippen LogP contribution is 2.32. The first-order valence-electron chi connectivity index (χ1n) is 7.25. The fourth-order valence-electron chi connectivity index (χ4n) is 2.35. The molecule has 1 heterocycles. The molecule has 0 bridgehead atoms. The van der Waals surface area contributed by atoms with Crippen LogP contribution in [0.1, 0.15) is 29.5 Å². The lowest BCUT2D eigenvalue weighted by molar-refractivity contribution is 0.446. The van der Waals surface area contributed by atoms with E-state index in [2.05, 4.69) is 16.4 Å². The van der Waals surface area contributed by atoms with Crippen molar-refractivity contribution in [3.05, 3.63) is 52.2 Å². The van der Waals surface area contributed by atoms with Crippen molar-refractivity contribution in [1.82, 2.24) is 10.3 Å². The zero-order chi connectivity index (χ0) is 14.8. The smallest absolute Gasteiger partial charge is 0.223 e. The summed E-state index contributed by atoms with van der Waals surface area (Å²) in [4.78, 5) is 4.38. The SMILES string of the molecule is Cc1cc(Cl)cc(C)c1Oc1ncccc1CNC1CC1. The van der Waals surface area contributed by atoms with Gasteiger partial charge in [0.2, 0.25) is 5.88 Å². The van der Waals surface area contributed by atoms with Crippen LogP contribution in [-0.2, 0) is 6.54 Å². The number of pyridine rings is 1. The number of hydrogen-bond donors (Lipinski definition) is 1. The number of hydrogen-bond acceptors (Lipinski definition) is 3. The monoisotopic (exact) mass is 302 g/mol. The minimum Gasteiger partial charge on any atom is -0.438 e. The van der Waals surface area contributed by atoms with Crippen LogP contribution in [0.15, 0.2) is 30.5 Å². The van der Waals surface area contributed by atoms with E-state index in [9.17, 15) is 0 Å². The highest BCUT2D eigenvalue weighted by molar-refractivity contribution is 6.30. The maximum absolute atomic E-state index is 6.07. The number of aromatic nitrogens is 1. The van der Waals surface area contributed by atoms with Crippen LogP contribution in [0.2, 0.25) is 5.02 Å². The van der Waals surface area contributed by atoms with Gasteiger partial charge in [-0.2, -0.15) is 0 Å². The van der Waals surface area contributed by atoms with Gasteiger partial charge in [0.05, 0.1) is 0 Å². The van der Waals surface area contributed by atoms with Gasteiger partial charge >= 0.3 is 0 Å². The molecule has 0 amide bonds. The zero-order valence-electron chi connectivity index (χ0n) is 12.3. The molecule has 0 atom stereocenters. The van der Waals surface area contributed by atoms with E-state index < -0.39 is 0 Å². The molecule has 21 heavy (non-hydrogen) atoms. The number of aryl methyl sites for hydroxylation is 2. The number of nitrogens with one attached hydrogen (secondary N) is 1. The lowest BCUT2D eigenvalue weighted by Crippen LogP contribution is -2.16. The van der Waals surface area contributed by atoms with E-state index >= 15 is 0 Å². The Kier molecular flexibility index (Phi) is 4.13. The molecular weight excluding hydrogens is 284 g/mol. The molecule has 0 saturated heterocycles. The minimum absolute atomic E-state index is 0.664. The van der Waals surface area contributed by atoms with Crippen LogP contribution in [0, 0.1) is 13.8 Å². The van der Waals surface area contributed by atoms with Crippen molar-refractivity contribution >= 4 is 11.6 Å². The Morgan fingerprint density at radius 1 is 1.29 bits per heavy atom. The summed E-state index contributed by atoms with van der Waals surface area (Å²) in [6, 6.07) is 8.48. The molecule has 110 valence electrons. The summed E-state index contributed by atoms with van der Waals surface area (Å²) < 4.78 is 6.07. The molecule has 2 aromatic rings. The number of halogens is 1. The summed E-state index contributed by atoms with van der Waals surface area (Å²) in [7, 11) is 0. The lowest BCUT2D eigenvalue weighted by Gasteiger charge is -2.14. The average Bonchev–Trinajstić information content (AvgIpc) is 3.25. The molecule has 0 spiro atoms. The predicted molar refractivity (Wildman–Crippen MR) is 85.1 cm³/mol. The maximum Gasteiger partial charge on any atom is 0.223 e. The lowest BCUT2D eigenvalue weighted by atomic mass is 10.1. The highest BCUT2D eigenvalue weighted by atomic mass is 35.5. The van der Waals surface area contributed by atoms with Gasteiger partial charge in [0, 0.05) is 29.4 Å². The quantitative estimate of drug-likeness (QED) is 0.889. The van der Waals surface area contributed by atoms with Crippen LogP contribution in [0.25, 0.3) is 0 Å². The first kappa shape index (κ1) is 14.4. The molecule has 0 aliphatic heterocycles. The Hall–Kier alpha value is -1.58. The number of rotatable bonds is 5. The third-order valence-corrected chi connectivity index (χ3v) is 3.85. The normalized spacial score (nSPS) is 14.2. The van der Waals surface area contributed by atoms with Gasteiger partial charge in [-0.05, 0) is 56.0 Å². The van der Waals surface area contributed by atoms with E-state index in [4.69, 9.17) is 16.3 Å². The van der Waals surface area contributed by atoms with Gasteiger partial charge in [0.25, 0.3) is 0 Å². The number of ether oxygens (including phenoxy) is 1. The molecule has 1 saturated carbocycles. The molecule has 1 fully saturated rings. The second kappa shape index (κ2) is 6.04. The predicted octanol–water partition coefficient (Wildman–Crippen LogP) is 4.40. The largest absolute Gasteiger partial charge is 0.438 e. The van der Waals surface area contributed by atoms with E-state index in [1.165, 1.54) is 12.8 Å². The van der Waals surface area contributed by atoms with Crippen molar-refractivity contribution in [2.24, 2.45) is 0 Å². The van der Waals surface area contributed by atoms with E-state index in [0.717, 1.165) is 34.0 Å². The first-order valence-corrected chi connectivity index (χ1v) is 7.63. The molecule has 1 aliphatic carbocycles. The van der Waals surface area contributed by atoms with Crippen molar-refractivity contribution in [3.8, 4) is 11.6 Å². The summed E-state index contributed by atoms with van der Waals surface area (Å²) in [6.07, 6.45) is 4.30. The summed E-state index contributed by atoms with van der Waals surface area (Å²) in [5, 5.41) is 4.23. The Labute approximate surface area is 130 Å². The molecular formula is C17H19ClN2O. The van der Waals surface area contributed by atoms with Crippen LogP contribution in [0.4, 0.5) is 0 Å². The Morgan fingerprint density at radius 3 is 2.67 bits per heavy atom. The summed E-state index contributed by atoms with van der Waals surface area (Å²) in [5.74, 6) is 1.50. The van der Waals surface area contributed by atoms with E-state index in [1.807, 2.05) is 32.0 Å². The molecule has 1 aromatic carbocycles. The number of benzene rings is 1. The number of nitrogens with zero attached hydrogens (tertiary/aromatic N) is 1. The first-order chi connectivity index (χ1) is 10.1. The maximum atomic E-state index is 6.07. The molecule has 4 heteroatoms. The third-order valence-electron chi connectivity index (χ3n) is 3.63. The van der Waals surface area contributed by atoms with Crippen LogP contribution in [-0.4, -0.2) is 11.0 Å². The van der Waals surface area contributed by atoms with Crippen molar-refractivity contribution in [2.75, 3.05) is 0 Å². The second-order valence-electron chi connectivity index (χ2n) is 5.59. The molecule has 0 unspecified atom stereocenters. The Bertz CT molecular complexity index is 630. The van der Waals surface area contributed by atoms with Crippen molar-refractivity contribution in [1.29, 1.82) is 0 Å². The van der Waals surface area contributed by atoms with Gasteiger partial charge in [0.1, 0.15) is 5.75 Å². The average molecular weight is 303 g/mol. The fraction of sp³-hybridized carbons (Fsp3) is 0.353. The van der Waals surface area contributed by atoms with E-state index in [1.54, 1.807) is 6.20 Å². The van der Waals surface area contributed by atoms with Crippen molar-refractivity contribution in [3.63, 3.8) is 0 Å². The molecule has 1 aliphatic rings. The molecule has 0 radical (unpaired) electrons. The van der Waals surface area contributed by atoms with Crippen molar-refractivity contribution in [2.45, 2.75) is 39.3 Å². The standard InChI is InChI=1S/C17H19ClN2O/c1-11-8-14(18)9-12(2)16(11)21-17-13(4-3-7-19-17)10-20-15-5-6-15/h3-4,7-9,15,20H,5-6,10H2,1-2H3. The van der Waals surface area contributed by atoms with Gasteiger partial charge in [-0.25, -0.2) is 4.98 Å². The summed E-state index contributed by atoms with van der Waals surface area (Å²) in [5.41, 5.74) is 3.12. The van der Waals surface area contributed by atoms with Crippen LogP contribution < -0.4 is 10.1 Å². The van der Waals surface area contributed by atoms with E-state index in [-0.39, 0.29) is 0 Å². The molecule has 1 aromatic heterocycles. The van der Waals surface area contributed by atoms with Crippen LogP contribution in [0.3, 0.4) is 0 Å². The second-order valence-corrected chi connectivity index (χ2v) is 6.03. The summed E-state index contributed by atoms with van der Waals surface area (Å²) in [6.45, 7) is 4.79. The Morgan fingerprint density at radius 2 is 2.00 bits per heavy atom.